The number of hydrogen-bond acceptors (Lipinski definition) is 2. The summed E-state index contributed by atoms with van der Waals surface area (Å²) in [6.45, 7) is 5.49. The number of benzene rings is 1. The van der Waals surface area contributed by atoms with Crippen LogP contribution in [0, 0.1) is 0 Å². The van der Waals surface area contributed by atoms with Gasteiger partial charge in [0, 0.05) is 17.1 Å². The minimum absolute atomic E-state index is 0.178. The van der Waals surface area contributed by atoms with Crippen molar-refractivity contribution in [3.8, 4) is 0 Å². The lowest BCUT2D eigenvalue weighted by molar-refractivity contribution is 0.121. The summed E-state index contributed by atoms with van der Waals surface area (Å²) in [4.78, 5) is 2.62. The highest BCUT2D eigenvalue weighted by Crippen LogP contribution is 2.33. The quantitative estimate of drug-likeness (QED) is 0.843. The Hall–Kier alpha value is -0.570. The van der Waals surface area contributed by atoms with E-state index in [-0.39, 0.29) is 6.04 Å². The first kappa shape index (κ1) is 15.8. The Kier molecular flexibility index (Phi) is 5.88. The highest BCUT2D eigenvalue weighted by molar-refractivity contribution is 6.30. The van der Waals surface area contributed by atoms with Crippen molar-refractivity contribution in [2.45, 2.75) is 64.1 Å². The predicted molar refractivity (Wildman–Crippen MR) is 87.1 cm³/mol. The van der Waals surface area contributed by atoms with Crippen molar-refractivity contribution >= 4 is 11.6 Å². The van der Waals surface area contributed by atoms with E-state index in [1.54, 1.807) is 0 Å². The van der Waals surface area contributed by atoms with E-state index in [1.807, 2.05) is 12.1 Å². The predicted octanol–water partition coefficient (Wildman–Crippen LogP) is 4.38. The summed E-state index contributed by atoms with van der Waals surface area (Å²) in [5.74, 6) is 0. The van der Waals surface area contributed by atoms with Crippen molar-refractivity contribution in [2.75, 3.05) is 6.54 Å². The molecule has 20 heavy (non-hydrogen) atoms. The maximum Gasteiger partial charge on any atom is 0.0501 e. The van der Waals surface area contributed by atoms with Crippen LogP contribution in [0.2, 0.25) is 5.02 Å². The lowest BCUT2D eigenvalue weighted by Gasteiger charge is -2.39. The van der Waals surface area contributed by atoms with Gasteiger partial charge in [0.1, 0.15) is 0 Å². The normalized spacial score (nSPS) is 19.4. The van der Waals surface area contributed by atoms with E-state index in [1.165, 1.54) is 31.2 Å². The molecule has 0 aromatic heterocycles. The molecule has 1 aliphatic rings. The minimum Gasteiger partial charge on any atom is -0.326 e. The first-order valence-electron chi connectivity index (χ1n) is 7.94. The minimum atomic E-state index is 0.178. The molecule has 2 unspecified atom stereocenters. The molecule has 0 saturated heterocycles. The van der Waals surface area contributed by atoms with E-state index >= 15 is 0 Å². The summed E-state index contributed by atoms with van der Waals surface area (Å²) in [6, 6.07) is 9.42. The van der Waals surface area contributed by atoms with E-state index in [4.69, 9.17) is 17.3 Å². The van der Waals surface area contributed by atoms with Crippen molar-refractivity contribution in [1.29, 1.82) is 0 Å². The number of halogens is 1. The molecule has 0 heterocycles. The second-order valence-corrected chi connectivity index (χ2v) is 6.27. The molecule has 1 aromatic carbocycles. The van der Waals surface area contributed by atoms with E-state index < -0.39 is 0 Å². The fraction of sp³-hybridized carbons (Fsp3) is 0.647. The van der Waals surface area contributed by atoms with Crippen molar-refractivity contribution in [3.63, 3.8) is 0 Å². The monoisotopic (exact) mass is 294 g/mol. The van der Waals surface area contributed by atoms with Gasteiger partial charge in [-0.2, -0.15) is 0 Å². The van der Waals surface area contributed by atoms with Gasteiger partial charge >= 0.3 is 0 Å². The third kappa shape index (κ3) is 3.55. The molecule has 1 fully saturated rings. The molecular formula is C17H27ClN2. The maximum atomic E-state index is 6.46. The topological polar surface area (TPSA) is 29.3 Å². The Bertz CT molecular complexity index is 398. The molecule has 0 aliphatic heterocycles. The Morgan fingerprint density at radius 2 is 1.80 bits per heavy atom. The van der Waals surface area contributed by atoms with Gasteiger partial charge in [-0.05, 0) is 43.5 Å². The highest BCUT2D eigenvalue weighted by atomic mass is 35.5. The zero-order valence-electron chi connectivity index (χ0n) is 12.7. The van der Waals surface area contributed by atoms with Crippen LogP contribution in [0.15, 0.2) is 24.3 Å². The van der Waals surface area contributed by atoms with Crippen LogP contribution in [0.25, 0.3) is 0 Å². The van der Waals surface area contributed by atoms with Gasteiger partial charge in [0.05, 0.1) is 6.04 Å². The van der Waals surface area contributed by atoms with E-state index in [2.05, 4.69) is 30.9 Å². The number of hydrogen-bond donors (Lipinski definition) is 1. The molecule has 0 bridgehead atoms. The van der Waals surface area contributed by atoms with Gasteiger partial charge < -0.3 is 5.73 Å². The average Bonchev–Trinajstić information content (AvgIpc) is 2.99. The molecule has 2 rings (SSSR count). The SMILES string of the molecule is CCC(N)C(c1ccc(Cl)cc1)N(CC)C1CCCC1. The Morgan fingerprint density at radius 1 is 1.20 bits per heavy atom. The van der Waals surface area contributed by atoms with E-state index in [0.717, 1.165) is 18.0 Å². The van der Waals surface area contributed by atoms with Crippen molar-refractivity contribution in [2.24, 2.45) is 5.73 Å². The molecule has 0 spiro atoms. The van der Waals surface area contributed by atoms with Gasteiger partial charge in [-0.25, -0.2) is 0 Å². The average molecular weight is 295 g/mol. The lowest BCUT2D eigenvalue weighted by Crippen LogP contribution is -2.45. The molecule has 112 valence electrons. The first-order valence-corrected chi connectivity index (χ1v) is 8.32. The molecule has 0 amide bonds. The summed E-state index contributed by atoms with van der Waals surface area (Å²) in [5, 5.41) is 0.793. The maximum absolute atomic E-state index is 6.46. The molecular weight excluding hydrogens is 268 g/mol. The van der Waals surface area contributed by atoms with Crippen LogP contribution in [0.3, 0.4) is 0 Å². The van der Waals surface area contributed by atoms with Gasteiger partial charge in [0.2, 0.25) is 0 Å². The smallest absolute Gasteiger partial charge is 0.0501 e. The lowest BCUT2D eigenvalue weighted by atomic mass is 9.94. The largest absolute Gasteiger partial charge is 0.326 e. The Balaban J connectivity index is 2.27. The molecule has 2 N–H and O–H groups in total. The first-order chi connectivity index (χ1) is 9.67. The zero-order valence-corrected chi connectivity index (χ0v) is 13.4. The van der Waals surface area contributed by atoms with Crippen LogP contribution in [-0.4, -0.2) is 23.5 Å². The Labute approximate surface area is 128 Å². The summed E-state index contributed by atoms with van der Waals surface area (Å²) < 4.78 is 0. The summed E-state index contributed by atoms with van der Waals surface area (Å²) in [5.41, 5.74) is 7.76. The van der Waals surface area contributed by atoms with Crippen molar-refractivity contribution < 1.29 is 0 Å². The fourth-order valence-corrected chi connectivity index (χ4v) is 3.61. The van der Waals surface area contributed by atoms with Crippen LogP contribution >= 0.6 is 11.6 Å². The van der Waals surface area contributed by atoms with Gasteiger partial charge in [-0.15, -0.1) is 0 Å². The van der Waals surface area contributed by atoms with Crippen LogP contribution in [0.4, 0.5) is 0 Å². The van der Waals surface area contributed by atoms with Gasteiger partial charge in [0.25, 0.3) is 0 Å². The Morgan fingerprint density at radius 3 is 2.30 bits per heavy atom. The van der Waals surface area contributed by atoms with E-state index in [9.17, 15) is 0 Å². The third-order valence-corrected chi connectivity index (χ3v) is 4.86. The molecule has 3 heteroatoms. The molecule has 0 radical (unpaired) electrons. The van der Waals surface area contributed by atoms with Crippen LogP contribution in [0.5, 0.6) is 0 Å². The number of likely N-dealkylation sites (N-methyl/N-ethyl adjacent to an activating group) is 1. The third-order valence-electron chi connectivity index (χ3n) is 4.60. The molecule has 1 saturated carbocycles. The number of nitrogens with two attached hydrogens (primary N) is 1. The zero-order chi connectivity index (χ0) is 14.5. The van der Waals surface area contributed by atoms with Gasteiger partial charge in [-0.1, -0.05) is 50.4 Å². The fourth-order valence-electron chi connectivity index (χ4n) is 3.49. The number of rotatable bonds is 6. The summed E-state index contributed by atoms with van der Waals surface area (Å²) >= 11 is 6.03. The standard InChI is InChI=1S/C17H27ClN2/c1-3-16(19)17(13-9-11-14(18)12-10-13)20(4-2)15-7-5-6-8-15/h9-12,15-17H,3-8,19H2,1-2H3. The molecule has 1 aliphatic carbocycles. The number of nitrogens with zero attached hydrogens (tertiary/aromatic N) is 1. The van der Waals surface area contributed by atoms with Crippen molar-refractivity contribution in [3.05, 3.63) is 34.9 Å². The van der Waals surface area contributed by atoms with Gasteiger partial charge in [-0.3, -0.25) is 4.90 Å². The second-order valence-electron chi connectivity index (χ2n) is 5.84. The van der Waals surface area contributed by atoms with E-state index in [0.29, 0.717) is 12.1 Å². The second kappa shape index (κ2) is 7.44. The van der Waals surface area contributed by atoms with Crippen molar-refractivity contribution in [1.82, 2.24) is 4.90 Å². The highest BCUT2D eigenvalue weighted by Gasteiger charge is 2.31. The summed E-state index contributed by atoms with van der Waals surface area (Å²) in [6.07, 6.45) is 6.34. The summed E-state index contributed by atoms with van der Waals surface area (Å²) in [7, 11) is 0. The van der Waals surface area contributed by atoms with Crippen LogP contribution in [0.1, 0.15) is 57.6 Å². The van der Waals surface area contributed by atoms with Crippen LogP contribution in [-0.2, 0) is 0 Å². The molecule has 2 nitrogen and oxygen atoms in total. The van der Waals surface area contributed by atoms with Gasteiger partial charge in [0.15, 0.2) is 0 Å². The van der Waals surface area contributed by atoms with Crippen LogP contribution < -0.4 is 5.73 Å². The molecule has 1 aromatic rings. The molecule has 2 atom stereocenters.